The van der Waals surface area contributed by atoms with Gasteiger partial charge in [0.1, 0.15) is 17.6 Å². The van der Waals surface area contributed by atoms with E-state index in [1.807, 2.05) is 6.92 Å². The minimum Gasteiger partial charge on any atom is -0.503 e. The first-order valence-corrected chi connectivity index (χ1v) is 9.86. The van der Waals surface area contributed by atoms with Gasteiger partial charge in [-0.05, 0) is 50.6 Å². The Morgan fingerprint density at radius 3 is 2.52 bits per heavy atom. The van der Waals surface area contributed by atoms with Gasteiger partial charge in [0.05, 0.1) is 21.2 Å². The normalized spacial score (nSPS) is 16.7. The van der Waals surface area contributed by atoms with Crippen molar-refractivity contribution < 1.29 is 19.1 Å². The molecule has 3 aromatic heterocycles. The zero-order chi connectivity index (χ0) is 20.7. The smallest absolute Gasteiger partial charge is 0.290 e. The summed E-state index contributed by atoms with van der Waals surface area (Å²) in [6, 6.07) is 6.24. The number of carbonyl (C=O) groups excluding carboxylic acids is 2. The Hall–Kier alpha value is -3.26. The van der Waals surface area contributed by atoms with Gasteiger partial charge in [0.2, 0.25) is 5.78 Å². The van der Waals surface area contributed by atoms with E-state index in [4.69, 9.17) is 4.42 Å². The number of aromatic nitrogens is 2. The first kappa shape index (κ1) is 19.1. The van der Waals surface area contributed by atoms with Crippen molar-refractivity contribution in [3.8, 4) is 0 Å². The quantitative estimate of drug-likeness (QED) is 0.643. The van der Waals surface area contributed by atoms with Crippen LogP contribution in [0.2, 0.25) is 0 Å². The van der Waals surface area contributed by atoms with E-state index in [1.54, 1.807) is 50.5 Å². The number of pyridine rings is 1. The molecule has 0 saturated heterocycles. The van der Waals surface area contributed by atoms with Crippen LogP contribution in [0.25, 0.3) is 0 Å². The fourth-order valence-corrected chi connectivity index (χ4v) is 4.37. The van der Waals surface area contributed by atoms with Crippen molar-refractivity contribution in [1.82, 2.24) is 14.9 Å². The number of amides is 1. The lowest BCUT2D eigenvalue weighted by atomic mass is 9.99. The van der Waals surface area contributed by atoms with Crippen LogP contribution in [-0.2, 0) is 11.3 Å². The van der Waals surface area contributed by atoms with Crippen molar-refractivity contribution in [1.29, 1.82) is 0 Å². The Morgan fingerprint density at radius 1 is 1.21 bits per heavy atom. The number of nitrogens with zero attached hydrogens (tertiary/aromatic N) is 3. The third kappa shape index (κ3) is 3.36. The van der Waals surface area contributed by atoms with E-state index >= 15 is 0 Å². The van der Waals surface area contributed by atoms with Crippen LogP contribution in [-0.4, -0.2) is 31.7 Å². The summed E-state index contributed by atoms with van der Waals surface area (Å²) in [6.45, 7) is 5.54. The second kappa shape index (κ2) is 7.29. The predicted octanol–water partition coefficient (Wildman–Crippen LogP) is 3.83. The first-order chi connectivity index (χ1) is 13.9. The Morgan fingerprint density at radius 2 is 1.93 bits per heavy atom. The van der Waals surface area contributed by atoms with Crippen molar-refractivity contribution in [2.45, 2.75) is 33.4 Å². The van der Waals surface area contributed by atoms with Gasteiger partial charge in [-0.15, -0.1) is 11.3 Å². The van der Waals surface area contributed by atoms with Crippen LogP contribution in [0.5, 0.6) is 0 Å². The molecule has 0 aliphatic carbocycles. The standard InChI is InChI=1S/C21H19N3O4S/c1-11-4-5-15(28-11)17-16(18(25)20-12(2)23-13(3)29-20)19(26)21(27)24(17)10-14-6-8-22-9-7-14/h4-9,17,26H,10H2,1-3H3. The molecule has 0 bridgehead atoms. The van der Waals surface area contributed by atoms with Gasteiger partial charge in [-0.3, -0.25) is 14.6 Å². The first-order valence-electron chi connectivity index (χ1n) is 9.05. The summed E-state index contributed by atoms with van der Waals surface area (Å²) in [6.07, 6.45) is 3.26. The number of Topliss-reactive ketones (excluding diaryl/α,β-unsaturated/α-hetero) is 1. The van der Waals surface area contributed by atoms with Crippen LogP contribution >= 0.6 is 11.3 Å². The van der Waals surface area contributed by atoms with E-state index in [9.17, 15) is 14.7 Å². The number of aryl methyl sites for hydroxylation is 3. The summed E-state index contributed by atoms with van der Waals surface area (Å²) in [4.78, 5) is 36.4. The molecule has 1 atom stereocenters. The topological polar surface area (TPSA) is 96.5 Å². The number of aliphatic hydroxyl groups excluding tert-OH is 1. The van der Waals surface area contributed by atoms with Gasteiger partial charge in [-0.1, -0.05) is 0 Å². The molecule has 4 heterocycles. The van der Waals surface area contributed by atoms with E-state index in [-0.39, 0.29) is 12.1 Å². The number of aliphatic hydroxyl groups is 1. The SMILES string of the molecule is Cc1ccc(C2C(C(=O)c3sc(C)nc3C)=C(O)C(=O)N2Cc2ccncc2)o1. The molecule has 8 heteroatoms. The highest BCUT2D eigenvalue weighted by molar-refractivity contribution is 7.14. The summed E-state index contributed by atoms with van der Waals surface area (Å²) in [7, 11) is 0. The van der Waals surface area contributed by atoms with E-state index < -0.39 is 23.5 Å². The maximum Gasteiger partial charge on any atom is 0.290 e. The maximum absolute atomic E-state index is 13.3. The van der Waals surface area contributed by atoms with E-state index in [1.165, 1.54) is 16.2 Å². The predicted molar refractivity (Wildman–Crippen MR) is 107 cm³/mol. The molecule has 0 fully saturated rings. The number of furan rings is 1. The monoisotopic (exact) mass is 409 g/mol. The average molecular weight is 409 g/mol. The third-order valence-corrected chi connectivity index (χ3v) is 5.86. The van der Waals surface area contributed by atoms with Crippen molar-refractivity contribution >= 4 is 23.0 Å². The molecule has 0 aromatic carbocycles. The molecule has 4 rings (SSSR count). The van der Waals surface area contributed by atoms with Gasteiger partial charge in [0.25, 0.3) is 5.91 Å². The van der Waals surface area contributed by atoms with Crippen LogP contribution in [0.3, 0.4) is 0 Å². The van der Waals surface area contributed by atoms with E-state index in [0.29, 0.717) is 22.1 Å². The van der Waals surface area contributed by atoms with Gasteiger partial charge in [0.15, 0.2) is 5.76 Å². The minimum absolute atomic E-state index is 0.0187. The lowest BCUT2D eigenvalue weighted by Gasteiger charge is -2.24. The largest absolute Gasteiger partial charge is 0.503 e. The van der Waals surface area contributed by atoms with Gasteiger partial charge in [-0.2, -0.15) is 0 Å². The molecular weight excluding hydrogens is 390 g/mol. The molecule has 3 aromatic rings. The fourth-order valence-electron chi connectivity index (χ4n) is 3.49. The van der Waals surface area contributed by atoms with Crippen molar-refractivity contribution in [2.75, 3.05) is 0 Å². The van der Waals surface area contributed by atoms with E-state index in [0.717, 1.165) is 10.6 Å². The molecule has 1 N–H and O–H groups in total. The summed E-state index contributed by atoms with van der Waals surface area (Å²) in [5.41, 5.74) is 1.42. The second-order valence-corrected chi connectivity index (χ2v) is 8.08. The second-order valence-electron chi connectivity index (χ2n) is 6.88. The van der Waals surface area contributed by atoms with Gasteiger partial charge in [0, 0.05) is 18.9 Å². The summed E-state index contributed by atoms with van der Waals surface area (Å²) >= 11 is 1.25. The lowest BCUT2D eigenvalue weighted by molar-refractivity contribution is -0.130. The third-order valence-electron chi connectivity index (χ3n) is 4.79. The molecule has 1 aliphatic rings. The molecular formula is C21H19N3O4S. The molecule has 29 heavy (non-hydrogen) atoms. The van der Waals surface area contributed by atoms with Crippen LogP contribution < -0.4 is 0 Å². The molecule has 1 aliphatic heterocycles. The van der Waals surface area contributed by atoms with Gasteiger partial charge >= 0.3 is 0 Å². The highest BCUT2D eigenvalue weighted by atomic mass is 32.1. The minimum atomic E-state index is -0.821. The molecule has 0 radical (unpaired) electrons. The maximum atomic E-state index is 13.3. The van der Waals surface area contributed by atoms with Crippen LogP contribution in [0, 0.1) is 20.8 Å². The average Bonchev–Trinajstić information content (AvgIpc) is 3.34. The number of ketones is 1. The van der Waals surface area contributed by atoms with Crippen molar-refractivity contribution in [3.63, 3.8) is 0 Å². The van der Waals surface area contributed by atoms with Crippen molar-refractivity contribution in [3.05, 3.63) is 80.7 Å². The highest BCUT2D eigenvalue weighted by Crippen LogP contribution is 2.41. The zero-order valence-corrected chi connectivity index (χ0v) is 17.0. The number of hydrogen-bond acceptors (Lipinski definition) is 7. The molecule has 148 valence electrons. The Kier molecular flexibility index (Phi) is 4.79. The molecule has 1 amide bonds. The fraction of sp³-hybridized carbons (Fsp3) is 0.238. The summed E-state index contributed by atoms with van der Waals surface area (Å²) < 4.78 is 5.77. The molecule has 1 unspecified atom stereocenters. The van der Waals surface area contributed by atoms with Crippen LogP contribution in [0.1, 0.15) is 43.5 Å². The number of carbonyl (C=O) groups is 2. The van der Waals surface area contributed by atoms with Crippen molar-refractivity contribution in [2.24, 2.45) is 0 Å². The lowest BCUT2D eigenvalue weighted by Crippen LogP contribution is -2.30. The summed E-state index contributed by atoms with van der Waals surface area (Å²) in [5, 5.41) is 11.4. The Balaban J connectivity index is 1.80. The van der Waals surface area contributed by atoms with E-state index in [2.05, 4.69) is 9.97 Å². The number of rotatable bonds is 5. The number of thiazole rings is 1. The van der Waals surface area contributed by atoms with Crippen LogP contribution in [0.4, 0.5) is 0 Å². The Bertz CT molecular complexity index is 1130. The highest BCUT2D eigenvalue weighted by Gasteiger charge is 2.46. The van der Waals surface area contributed by atoms with Gasteiger partial charge in [-0.25, -0.2) is 4.98 Å². The molecule has 0 saturated carbocycles. The number of hydrogen-bond donors (Lipinski definition) is 1. The Labute approximate surface area is 171 Å². The zero-order valence-electron chi connectivity index (χ0n) is 16.2. The summed E-state index contributed by atoms with van der Waals surface area (Å²) in [5.74, 6) is -0.484. The molecule has 7 nitrogen and oxygen atoms in total. The molecule has 0 spiro atoms. The van der Waals surface area contributed by atoms with Gasteiger partial charge < -0.3 is 14.4 Å². The van der Waals surface area contributed by atoms with Crippen LogP contribution in [0.15, 0.2) is 52.4 Å².